The van der Waals surface area contributed by atoms with E-state index < -0.39 is 0 Å². The van der Waals surface area contributed by atoms with Gasteiger partial charge in [-0.3, -0.25) is 0 Å². The van der Waals surface area contributed by atoms with Gasteiger partial charge < -0.3 is 10.6 Å². The lowest BCUT2D eigenvalue weighted by Crippen LogP contribution is -2.13. The molecule has 0 heterocycles. The molecule has 2 N–H and O–H groups in total. The molecule has 0 saturated carbocycles. The predicted molar refractivity (Wildman–Crippen MR) is 144 cm³/mol. The number of hydrogen-bond donors (Lipinski definition) is 1. The summed E-state index contributed by atoms with van der Waals surface area (Å²) in [6, 6.07) is 34.7. The van der Waals surface area contributed by atoms with E-state index in [2.05, 4.69) is 116 Å². The number of nitrogen functional groups attached to an aromatic ring is 1. The van der Waals surface area contributed by atoms with Crippen LogP contribution in [0.25, 0.3) is 21.5 Å². The number of fused-ring (bicyclic) bond motifs is 3. The second kappa shape index (κ2) is 8.99. The Morgan fingerprint density at radius 3 is 1.76 bits per heavy atom. The molecular formula is C31H30N2. The fourth-order valence-corrected chi connectivity index (χ4v) is 4.68. The molecule has 0 amide bonds. The van der Waals surface area contributed by atoms with Crippen LogP contribution >= 0.6 is 0 Å². The minimum Gasteiger partial charge on any atom is -0.397 e. The zero-order valence-electron chi connectivity index (χ0n) is 19.4. The molecule has 33 heavy (non-hydrogen) atoms. The van der Waals surface area contributed by atoms with E-state index in [0.29, 0.717) is 0 Å². The molecule has 0 spiro atoms. The third kappa shape index (κ3) is 3.93. The molecule has 0 unspecified atom stereocenters. The molecule has 0 radical (unpaired) electrons. The predicted octanol–water partition coefficient (Wildman–Crippen LogP) is 8.70. The summed E-state index contributed by atoms with van der Waals surface area (Å²) < 4.78 is 0. The number of unbranched alkanes of at least 4 members (excludes halogenated alkanes) is 1. The van der Waals surface area contributed by atoms with Crippen molar-refractivity contribution >= 4 is 44.3 Å². The van der Waals surface area contributed by atoms with E-state index in [1.807, 2.05) is 0 Å². The van der Waals surface area contributed by atoms with Gasteiger partial charge in [-0.2, -0.15) is 0 Å². The van der Waals surface area contributed by atoms with Gasteiger partial charge >= 0.3 is 0 Å². The monoisotopic (exact) mass is 430 g/mol. The third-order valence-electron chi connectivity index (χ3n) is 6.47. The molecule has 0 bridgehead atoms. The summed E-state index contributed by atoms with van der Waals surface area (Å²) in [4.78, 5) is 2.31. The molecule has 5 rings (SSSR count). The second-order valence-electron chi connectivity index (χ2n) is 8.79. The Morgan fingerprint density at radius 1 is 0.636 bits per heavy atom. The molecule has 5 aromatic rings. The smallest absolute Gasteiger partial charge is 0.0776 e. The van der Waals surface area contributed by atoms with Crippen LogP contribution in [-0.2, 0) is 6.42 Å². The summed E-state index contributed by atoms with van der Waals surface area (Å²) in [7, 11) is 0. The number of benzene rings is 5. The lowest BCUT2D eigenvalue weighted by atomic mass is 9.97. The first kappa shape index (κ1) is 21.1. The quantitative estimate of drug-likeness (QED) is 0.166. The van der Waals surface area contributed by atoms with Gasteiger partial charge in [-0.25, -0.2) is 0 Å². The Morgan fingerprint density at radius 2 is 1.15 bits per heavy atom. The van der Waals surface area contributed by atoms with Crippen molar-refractivity contribution < 1.29 is 0 Å². The van der Waals surface area contributed by atoms with Crippen LogP contribution in [0.3, 0.4) is 0 Å². The Kier molecular flexibility index (Phi) is 5.75. The van der Waals surface area contributed by atoms with Gasteiger partial charge in [0.05, 0.1) is 11.4 Å². The van der Waals surface area contributed by atoms with Crippen LogP contribution in [0.4, 0.5) is 22.7 Å². The van der Waals surface area contributed by atoms with Crippen LogP contribution in [0.1, 0.15) is 30.9 Å². The van der Waals surface area contributed by atoms with Gasteiger partial charge in [0, 0.05) is 22.1 Å². The van der Waals surface area contributed by atoms with Crippen LogP contribution in [0, 0.1) is 6.92 Å². The summed E-state index contributed by atoms with van der Waals surface area (Å²) in [6.45, 7) is 4.36. The normalized spacial score (nSPS) is 11.2. The maximum atomic E-state index is 6.94. The minimum absolute atomic E-state index is 0.805. The summed E-state index contributed by atoms with van der Waals surface area (Å²) in [5, 5.41) is 4.65. The Bertz CT molecular complexity index is 1400. The lowest BCUT2D eigenvalue weighted by molar-refractivity contribution is 0.795. The van der Waals surface area contributed by atoms with E-state index in [4.69, 9.17) is 5.73 Å². The topological polar surface area (TPSA) is 29.3 Å². The molecule has 0 fully saturated rings. The fourth-order valence-electron chi connectivity index (χ4n) is 4.68. The van der Waals surface area contributed by atoms with Gasteiger partial charge in [-0.1, -0.05) is 91.7 Å². The minimum atomic E-state index is 0.805. The Hall–Kier alpha value is -3.78. The third-order valence-corrected chi connectivity index (χ3v) is 6.47. The van der Waals surface area contributed by atoms with Gasteiger partial charge in [0.2, 0.25) is 0 Å². The molecule has 0 atom stereocenters. The molecule has 0 aliphatic carbocycles. The molecular weight excluding hydrogens is 400 g/mol. The first-order valence-electron chi connectivity index (χ1n) is 11.8. The van der Waals surface area contributed by atoms with Crippen molar-refractivity contribution in [1.82, 2.24) is 0 Å². The second-order valence-corrected chi connectivity index (χ2v) is 8.79. The average molecular weight is 431 g/mol. The Labute approximate surface area is 196 Å². The summed E-state index contributed by atoms with van der Waals surface area (Å²) in [5.74, 6) is 0. The highest BCUT2D eigenvalue weighted by Gasteiger charge is 2.20. The van der Waals surface area contributed by atoms with Crippen molar-refractivity contribution in [3.8, 4) is 0 Å². The van der Waals surface area contributed by atoms with Crippen LogP contribution in [0.5, 0.6) is 0 Å². The molecule has 2 nitrogen and oxygen atoms in total. The van der Waals surface area contributed by atoms with E-state index in [0.717, 1.165) is 39.9 Å². The highest BCUT2D eigenvalue weighted by Crippen LogP contribution is 2.46. The van der Waals surface area contributed by atoms with Gasteiger partial charge in [0.25, 0.3) is 0 Å². The van der Waals surface area contributed by atoms with Crippen LogP contribution < -0.4 is 10.6 Å². The zero-order chi connectivity index (χ0) is 22.8. The van der Waals surface area contributed by atoms with Crippen molar-refractivity contribution in [2.75, 3.05) is 10.6 Å². The van der Waals surface area contributed by atoms with E-state index in [1.54, 1.807) is 0 Å². The van der Waals surface area contributed by atoms with Crippen LogP contribution in [-0.4, -0.2) is 0 Å². The number of nitrogens with two attached hydrogens (primary N) is 1. The standard InChI is InChI=1S/C31H30N2/c1-3-4-9-23-16-20-25(21-17-23)33(24-18-14-22(2)15-19-24)31-29-13-8-6-11-27(29)26-10-5-7-12-28(26)30(31)32/h5-8,10-21H,3-4,9,32H2,1-2H3. The average Bonchev–Trinajstić information content (AvgIpc) is 2.86. The SMILES string of the molecule is CCCCc1ccc(N(c2ccc(C)cc2)c2c(N)c3ccccc3c3ccccc23)cc1. The maximum Gasteiger partial charge on any atom is 0.0776 e. The molecule has 0 aromatic heterocycles. The molecule has 0 saturated heterocycles. The van der Waals surface area contributed by atoms with Crippen molar-refractivity contribution in [3.63, 3.8) is 0 Å². The molecule has 0 aliphatic rings. The number of nitrogens with zero attached hydrogens (tertiary/aromatic N) is 1. The van der Waals surface area contributed by atoms with Crippen molar-refractivity contribution in [2.45, 2.75) is 33.1 Å². The van der Waals surface area contributed by atoms with Gasteiger partial charge in [0.15, 0.2) is 0 Å². The van der Waals surface area contributed by atoms with E-state index in [1.165, 1.54) is 34.7 Å². The number of rotatable bonds is 6. The summed E-state index contributed by atoms with van der Waals surface area (Å²) in [5.41, 5.74) is 13.6. The van der Waals surface area contributed by atoms with Crippen LogP contribution in [0.2, 0.25) is 0 Å². The van der Waals surface area contributed by atoms with E-state index >= 15 is 0 Å². The highest BCUT2D eigenvalue weighted by atomic mass is 15.2. The van der Waals surface area contributed by atoms with Gasteiger partial charge in [-0.05, 0) is 60.4 Å². The van der Waals surface area contributed by atoms with E-state index in [-0.39, 0.29) is 0 Å². The van der Waals surface area contributed by atoms with Crippen molar-refractivity contribution in [2.24, 2.45) is 0 Å². The molecule has 164 valence electrons. The number of anilines is 4. The van der Waals surface area contributed by atoms with Crippen molar-refractivity contribution in [1.29, 1.82) is 0 Å². The summed E-state index contributed by atoms with van der Waals surface area (Å²) >= 11 is 0. The lowest BCUT2D eigenvalue weighted by Gasteiger charge is -2.29. The largest absolute Gasteiger partial charge is 0.397 e. The highest BCUT2D eigenvalue weighted by molar-refractivity contribution is 6.21. The first-order chi connectivity index (χ1) is 16.2. The van der Waals surface area contributed by atoms with Crippen LogP contribution in [0.15, 0.2) is 97.1 Å². The fraction of sp³-hybridized carbons (Fsp3) is 0.161. The van der Waals surface area contributed by atoms with Gasteiger partial charge in [0.1, 0.15) is 0 Å². The maximum absolute atomic E-state index is 6.94. The summed E-state index contributed by atoms with van der Waals surface area (Å²) in [6.07, 6.45) is 3.53. The number of hydrogen-bond acceptors (Lipinski definition) is 2. The first-order valence-corrected chi connectivity index (χ1v) is 11.8. The molecule has 0 aliphatic heterocycles. The Balaban J connectivity index is 1.78. The van der Waals surface area contributed by atoms with E-state index in [9.17, 15) is 0 Å². The molecule has 5 aromatic carbocycles. The number of aryl methyl sites for hydroxylation is 2. The van der Waals surface area contributed by atoms with Gasteiger partial charge in [-0.15, -0.1) is 0 Å². The van der Waals surface area contributed by atoms with Crippen molar-refractivity contribution in [3.05, 3.63) is 108 Å². The molecule has 2 heteroatoms. The zero-order valence-corrected chi connectivity index (χ0v) is 19.4.